The predicted molar refractivity (Wildman–Crippen MR) is 116 cm³/mol. The lowest BCUT2D eigenvalue weighted by molar-refractivity contribution is -0.384. The molecular weight excluding hydrogens is 392 g/mol. The molecule has 0 radical (unpaired) electrons. The van der Waals surface area contributed by atoms with Gasteiger partial charge in [0.25, 0.3) is 5.69 Å². The van der Waals surface area contributed by atoms with Gasteiger partial charge in [0, 0.05) is 36.0 Å². The third-order valence-corrected chi connectivity index (χ3v) is 5.30. The smallest absolute Gasteiger partial charge is 0.271 e. The number of hydrogen-bond donors (Lipinski definition) is 0. The van der Waals surface area contributed by atoms with Gasteiger partial charge in [-0.15, -0.1) is 10.2 Å². The van der Waals surface area contributed by atoms with Crippen molar-refractivity contribution in [3.8, 4) is 5.75 Å². The molecule has 1 heterocycles. The number of nitrogens with zero attached hydrogens (tertiary/aromatic N) is 4. The molecule has 8 heteroatoms. The van der Waals surface area contributed by atoms with Crippen LogP contribution in [0.3, 0.4) is 0 Å². The molecule has 2 aromatic carbocycles. The molecule has 0 unspecified atom stereocenters. The molecule has 1 aliphatic heterocycles. The van der Waals surface area contributed by atoms with Gasteiger partial charge in [0.15, 0.2) is 0 Å². The number of likely N-dealkylation sites (N-methyl/N-ethyl adjacent to an activating group) is 1. The van der Waals surface area contributed by atoms with Crippen LogP contribution in [0.15, 0.2) is 46.6 Å². The Morgan fingerprint density at radius 3 is 2.48 bits per heavy atom. The number of non-ortho nitro benzene ring substituents is 1. The molecule has 1 aliphatic rings. The molecule has 29 heavy (non-hydrogen) atoms. The Morgan fingerprint density at radius 2 is 1.90 bits per heavy atom. The first-order valence-corrected chi connectivity index (χ1v) is 9.61. The number of benzene rings is 2. The van der Waals surface area contributed by atoms with E-state index in [1.165, 1.54) is 18.2 Å². The fourth-order valence-corrected chi connectivity index (χ4v) is 3.92. The first-order chi connectivity index (χ1) is 13.7. The van der Waals surface area contributed by atoms with E-state index in [9.17, 15) is 10.1 Å². The van der Waals surface area contributed by atoms with Crippen molar-refractivity contribution in [3.63, 3.8) is 0 Å². The molecule has 0 aliphatic carbocycles. The molecule has 0 fully saturated rings. The number of nitro benzene ring substituents is 1. The van der Waals surface area contributed by atoms with E-state index in [2.05, 4.69) is 48.9 Å². The third-order valence-electron chi connectivity index (χ3n) is 5.00. The van der Waals surface area contributed by atoms with Crippen LogP contribution in [0.2, 0.25) is 5.02 Å². The molecular formula is C21H23ClN4O3. The van der Waals surface area contributed by atoms with Gasteiger partial charge in [0.1, 0.15) is 17.1 Å². The van der Waals surface area contributed by atoms with Crippen molar-refractivity contribution in [1.29, 1.82) is 0 Å². The minimum Gasteiger partial charge on any atom is -0.494 e. The topological polar surface area (TPSA) is 80.3 Å². The number of hydrogen-bond acceptors (Lipinski definition) is 6. The van der Waals surface area contributed by atoms with Crippen LogP contribution in [0, 0.1) is 10.1 Å². The number of ether oxygens (including phenoxy) is 1. The maximum atomic E-state index is 10.9. The van der Waals surface area contributed by atoms with Gasteiger partial charge in [0.05, 0.1) is 22.6 Å². The zero-order chi connectivity index (χ0) is 21.3. The number of azo groups is 1. The summed E-state index contributed by atoms with van der Waals surface area (Å²) in [7, 11) is 1.59. The lowest BCUT2D eigenvalue weighted by Crippen LogP contribution is -2.44. The van der Waals surface area contributed by atoms with Crippen LogP contribution in [0.1, 0.15) is 33.3 Å². The average Bonchev–Trinajstić information content (AvgIpc) is 2.66. The van der Waals surface area contributed by atoms with Crippen LogP contribution >= 0.6 is 11.6 Å². The van der Waals surface area contributed by atoms with Crippen molar-refractivity contribution in [2.75, 3.05) is 18.6 Å². The Kier molecular flexibility index (Phi) is 5.61. The fraction of sp³-hybridized carbons (Fsp3) is 0.333. The van der Waals surface area contributed by atoms with Gasteiger partial charge >= 0.3 is 0 Å². The number of halogens is 1. The third kappa shape index (κ3) is 3.96. The lowest BCUT2D eigenvalue weighted by atomic mass is 9.88. The summed E-state index contributed by atoms with van der Waals surface area (Å²) in [5.41, 5.74) is 4.01. The monoisotopic (exact) mass is 414 g/mol. The Balaban J connectivity index is 2.05. The molecule has 0 bridgehead atoms. The van der Waals surface area contributed by atoms with Crippen LogP contribution in [0.5, 0.6) is 5.75 Å². The van der Waals surface area contributed by atoms with E-state index in [1.807, 2.05) is 12.1 Å². The van der Waals surface area contributed by atoms with Gasteiger partial charge in [-0.05, 0) is 45.4 Å². The molecule has 0 saturated carbocycles. The average molecular weight is 415 g/mol. The van der Waals surface area contributed by atoms with Gasteiger partial charge in [-0.2, -0.15) is 0 Å². The summed E-state index contributed by atoms with van der Waals surface area (Å²) >= 11 is 6.12. The van der Waals surface area contributed by atoms with Crippen molar-refractivity contribution < 1.29 is 9.66 Å². The number of rotatable bonds is 5. The van der Waals surface area contributed by atoms with Crippen LogP contribution < -0.4 is 9.64 Å². The number of fused-ring (bicyclic) bond motifs is 1. The molecule has 0 spiro atoms. The van der Waals surface area contributed by atoms with E-state index in [-0.39, 0.29) is 16.2 Å². The highest BCUT2D eigenvalue weighted by Crippen LogP contribution is 2.45. The minimum absolute atomic E-state index is 0.0941. The Bertz CT molecular complexity index is 1030. The molecule has 7 nitrogen and oxygen atoms in total. The largest absolute Gasteiger partial charge is 0.494 e. The summed E-state index contributed by atoms with van der Waals surface area (Å²) in [5.74, 6) is 0.592. The SMILES string of the molecule is CCN1c2cc(OC)c(N=Nc3ccc([N+](=O)[O-])cc3Cl)cc2C(C)=CC1(C)C. The molecule has 0 N–H and O–H groups in total. The standard InChI is InChI=1S/C21H23ClN4O3/c1-6-25-19-11-20(29-5)18(10-15(19)13(2)12-21(25,3)4)24-23-17-8-7-14(26(27)28)9-16(17)22/h7-12H,6H2,1-5H3. The van der Waals surface area contributed by atoms with E-state index in [0.29, 0.717) is 17.1 Å². The number of nitro groups is 1. The molecule has 2 aromatic rings. The van der Waals surface area contributed by atoms with E-state index in [0.717, 1.165) is 23.4 Å². The van der Waals surface area contributed by atoms with Crippen LogP contribution in [0.25, 0.3) is 5.57 Å². The number of allylic oxidation sites excluding steroid dienone is 1. The maximum Gasteiger partial charge on any atom is 0.271 e. The number of anilines is 1. The second-order valence-corrected chi connectivity index (χ2v) is 7.77. The first-order valence-electron chi connectivity index (χ1n) is 9.23. The van der Waals surface area contributed by atoms with E-state index in [4.69, 9.17) is 16.3 Å². The molecule has 0 aromatic heterocycles. The Hall–Kier alpha value is -2.93. The van der Waals surface area contributed by atoms with Crippen molar-refractivity contribution in [2.45, 2.75) is 33.2 Å². The molecule has 152 valence electrons. The van der Waals surface area contributed by atoms with E-state index in [1.54, 1.807) is 7.11 Å². The Morgan fingerprint density at radius 1 is 1.21 bits per heavy atom. The quantitative estimate of drug-likeness (QED) is 0.310. The zero-order valence-corrected chi connectivity index (χ0v) is 17.8. The lowest BCUT2D eigenvalue weighted by Gasteiger charge is -2.43. The van der Waals surface area contributed by atoms with Gasteiger partial charge < -0.3 is 9.64 Å². The summed E-state index contributed by atoms with van der Waals surface area (Å²) < 4.78 is 5.55. The van der Waals surface area contributed by atoms with E-state index >= 15 is 0 Å². The minimum atomic E-state index is -0.505. The first kappa shape index (κ1) is 20.8. The highest BCUT2D eigenvalue weighted by atomic mass is 35.5. The number of methoxy groups -OCH3 is 1. The van der Waals surface area contributed by atoms with Crippen molar-refractivity contribution in [1.82, 2.24) is 0 Å². The summed E-state index contributed by atoms with van der Waals surface area (Å²) in [6.07, 6.45) is 2.24. The van der Waals surface area contributed by atoms with E-state index < -0.39 is 4.92 Å². The molecule has 0 atom stereocenters. The van der Waals surface area contributed by atoms with Crippen LogP contribution in [-0.2, 0) is 0 Å². The predicted octanol–water partition coefficient (Wildman–Crippen LogP) is 6.69. The van der Waals surface area contributed by atoms with Gasteiger partial charge in [-0.3, -0.25) is 10.1 Å². The van der Waals surface area contributed by atoms with Gasteiger partial charge in [-0.1, -0.05) is 17.7 Å². The summed E-state index contributed by atoms with van der Waals surface area (Å²) in [4.78, 5) is 12.7. The molecule has 0 saturated heterocycles. The van der Waals surface area contributed by atoms with Crippen LogP contribution in [-0.4, -0.2) is 24.1 Å². The highest BCUT2D eigenvalue weighted by molar-refractivity contribution is 6.33. The van der Waals surface area contributed by atoms with Gasteiger partial charge in [0.2, 0.25) is 0 Å². The second-order valence-electron chi connectivity index (χ2n) is 7.36. The Labute approximate surface area is 174 Å². The highest BCUT2D eigenvalue weighted by Gasteiger charge is 2.31. The van der Waals surface area contributed by atoms with Crippen molar-refractivity contribution >= 4 is 39.9 Å². The second kappa shape index (κ2) is 7.83. The van der Waals surface area contributed by atoms with Crippen molar-refractivity contribution in [2.24, 2.45) is 10.2 Å². The zero-order valence-electron chi connectivity index (χ0n) is 17.1. The summed E-state index contributed by atoms with van der Waals surface area (Å²) in [5, 5.41) is 19.5. The van der Waals surface area contributed by atoms with Crippen molar-refractivity contribution in [3.05, 3.63) is 57.1 Å². The van der Waals surface area contributed by atoms with Gasteiger partial charge in [-0.25, -0.2) is 0 Å². The maximum absolute atomic E-state index is 10.9. The molecule has 3 rings (SSSR count). The fourth-order valence-electron chi connectivity index (χ4n) is 3.71. The molecule has 0 amide bonds. The van der Waals surface area contributed by atoms with Crippen LogP contribution in [0.4, 0.5) is 22.7 Å². The summed E-state index contributed by atoms with van der Waals surface area (Å²) in [6, 6.07) is 8.00. The normalized spacial score (nSPS) is 15.2. The summed E-state index contributed by atoms with van der Waals surface area (Å²) in [6.45, 7) is 9.41.